The molecular formula is C17H20BrNO2. The molecule has 0 bridgehead atoms. The van der Waals surface area contributed by atoms with E-state index in [9.17, 15) is 0 Å². The van der Waals surface area contributed by atoms with E-state index in [0.29, 0.717) is 0 Å². The molecule has 0 spiro atoms. The summed E-state index contributed by atoms with van der Waals surface area (Å²) in [6.45, 7) is 3.98. The Bertz CT molecular complexity index is 613. The Labute approximate surface area is 134 Å². The molecule has 0 saturated heterocycles. The zero-order valence-corrected chi connectivity index (χ0v) is 14.1. The molecule has 0 saturated carbocycles. The van der Waals surface area contributed by atoms with E-state index >= 15 is 0 Å². The van der Waals surface area contributed by atoms with Gasteiger partial charge in [0.2, 0.25) is 0 Å². The smallest absolute Gasteiger partial charge is 0.139 e. The molecule has 2 rings (SSSR count). The summed E-state index contributed by atoms with van der Waals surface area (Å²) < 4.78 is 12.3. The molecule has 112 valence electrons. The van der Waals surface area contributed by atoms with Gasteiger partial charge in [0.25, 0.3) is 0 Å². The molecule has 0 aliphatic carbocycles. The van der Waals surface area contributed by atoms with Crippen LogP contribution in [0.25, 0.3) is 0 Å². The zero-order chi connectivity index (χ0) is 15.4. The minimum atomic E-state index is -0.237. The van der Waals surface area contributed by atoms with Crippen LogP contribution >= 0.6 is 15.9 Å². The average Bonchev–Trinajstić information content (AvgIpc) is 2.46. The highest BCUT2D eigenvalue weighted by molar-refractivity contribution is 9.10. The quantitative estimate of drug-likeness (QED) is 0.878. The number of rotatable bonds is 5. The molecule has 3 nitrogen and oxygen atoms in total. The third kappa shape index (κ3) is 3.99. The maximum atomic E-state index is 6.12. The largest absolute Gasteiger partial charge is 0.497 e. The van der Waals surface area contributed by atoms with Crippen LogP contribution in [-0.4, -0.2) is 13.2 Å². The van der Waals surface area contributed by atoms with Gasteiger partial charge in [-0.2, -0.15) is 0 Å². The Morgan fingerprint density at radius 1 is 1.14 bits per heavy atom. The van der Waals surface area contributed by atoms with Crippen molar-refractivity contribution in [2.45, 2.75) is 26.0 Å². The third-order valence-electron chi connectivity index (χ3n) is 3.24. The molecule has 4 heteroatoms. The van der Waals surface area contributed by atoms with Crippen LogP contribution in [0, 0.1) is 6.92 Å². The number of ether oxygens (including phenoxy) is 2. The number of benzene rings is 2. The zero-order valence-electron chi connectivity index (χ0n) is 12.5. The van der Waals surface area contributed by atoms with Gasteiger partial charge in [-0.15, -0.1) is 0 Å². The number of methoxy groups -OCH3 is 1. The first-order chi connectivity index (χ1) is 10.0. The van der Waals surface area contributed by atoms with Crippen LogP contribution in [0.2, 0.25) is 0 Å². The summed E-state index contributed by atoms with van der Waals surface area (Å²) in [5.74, 6) is 1.58. The normalized spacial score (nSPS) is 13.6. The van der Waals surface area contributed by atoms with Gasteiger partial charge in [0, 0.05) is 6.04 Å². The van der Waals surface area contributed by atoms with Gasteiger partial charge in [0.05, 0.1) is 11.6 Å². The number of halogens is 1. The van der Waals surface area contributed by atoms with Crippen molar-refractivity contribution in [3.63, 3.8) is 0 Å². The molecule has 0 aromatic heterocycles. The van der Waals surface area contributed by atoms with Crippen LogP contribution in [0.15, 0.2) is 46.9 Å². The van der Waals surface area contributed by atoms with Crippen molar-refractivity contribution in [3.8, 4) is 11.5 Å². The Morgan fingerprint density at radius 3 is 2.52 bits per heavy atom. The van der Waals surface area contributed by atoms with Crippen molar-refractivity contribution in [2.24, 2.45) is 5.73 Å². The lowest BCUT2D eigenvalue weighted by Gasteiger charge is -2.24. The molecule has 2 atom stereocenters. The van der Waals surface area contributed by atoms with Gasteiger partial charge < -0.3 is 15.2 Å². The van der Waals surface area contributed by atoms with E-state index in [1.165, 1.54) is 5.56 Å². The van der Waals surface area contributed by atoms with Crippen molar-refractivity contribution >= 4 is 15.9 Å². The minimum Gasteiger partial charge on any atom is -0.497 e. The summed E-state index contributed by atoms with van der Waals surface area (Å²) in [6, 6.07) is 13.7. The van der Waals surface area contributed by atoms with E-state index in [1.54, 1.807) is 7.11 Å². The van der Waals surface area contributed by atoms with Gasteiger partial charge in [-0.1, -0.05) is 18.2 Å². The van der Waals surface area contributed by atoms with Crippen molar-refractivity contribution in [1.29, 1.82) is 0 Å². The lowest BCUT2D eigenvalue weighted by Crippen LogP contribution is -2.29. The fourth-order valence-corrected chi connectivity index (χ4v) is 2.72. The fraction of sp³-hybridized carbons (Fsp3) is 0.294. The first-order valence-corrected chi connectivity index (χ1v) is 7.63. The van der Waals surface area contributed by atoms with Crippen LogP contribution in [0.3, 0.4) is 0 Å². The van der Waals surface area contributed by atoms with Gasteiger partial charge in [0.1, 0.15) is 17.6 Å². The summed E-state index contributed by atoms with van der Waals surface area (Å²) in [5.41, 5.74) is 8.28. The van der Waals surface area contributed by atoms with E-state index in [4.69, 9.17) is 15.2 Å². The predicted octanol–water partition coefficient (Wildman–Crippen LogP) is 4.23. The van der Waals surface area contributed by atoms with Crippen LogP contribution in [-0.2, 0) is 0 Å². The van der Waals surface area contributed by atoms with Gasteiger partial charge >= 0.3 is 0 Å². The van der Waals surface area contributed by atoms with Gasteiger partial charge in [-0.25, -0.2) is 0 Å². The maximum absolute atomic E-state index is 6.12. The van der Waals surface area contributed by atoms with E-state index in [2.05, 4.69) is 15.9 Å². The van der Waals surface area contributed by atoms with Crippen molar-refractivity contribution in [1.82, 2.24) is 0 Å². The van der Waals surface area contributed by atoms with Gasteiger partial charge in [0.15, 0.2) is 0 Å². The van der Waals surface area contributed by atoms with Gasteiger partial charge in [-0.3, -0.25) is 0 Å². The molecule has 0 fully saturated rings. The molecule has 2 aromatic rings. The molecule has 2 aromatic carbocycles. The highest BCUT2D eigenvalue weighted by Gasteiger charge is 2.20. The molecule has 0 aliphatic heterocycles. The average molecular weight is 350 g/mol. The lowest BCUT2D eigenvalue weighted by atomic mass is 10.0. The Hall–Kier alpha value is -1.52. The summed E-state index contributed by atoms with van der Waals surface area (Å²) in [6.07, 6.45) is -0.237. The van der Waals surface area contributed by atoms with E-state index in [0.717, 1.165) is 21.5 Å². The monoisotopic (exact) mass is 349 g/mol. The molecule has 0 amide bonds. The predicted molar refractivity (Wildman–Crippen MR) is 88.9 cm³/mol. The van der Waals surface area contributed by atoms with Crippen LogP contribution < -0.4 is 15.2 Å². The summed E-state index contributed by atoms with van der Waals surface area (Å²) in [7, 11) is 1.65. The van der Waals surface area contributed by atoms with E-state index < -0.39 is 0 Å². The van der Waals surface area contributed by atoms with Gasteiger partial charge in [-0.05, 0) is 65.2 Å². The summed E-state index contributed by atoms with van der Waals surface area (Å²) in [5, 5.41) is 0. The molecule has 0 aliphatic rings. The van der Waals surface area contributed by atoms with Crippen molar-refractivity contribution in [3.05, 3.63) is 58.1 Å². The minimum absolute atomic E-state index is 0.148. The number of nitrogens with two attached hydrogens (primary N) is 1. The Balaban J connectivity index is 2.30. The molecular weight excluding hydrogens is 330 g/mol. The summed E-state index contributed by atoms with van der Waals surface area (Å²) in [4.78, 5) is 0. The first-order valence-electron chi connectivity index (χ1n) is 6.83. The number of aryl methyl sites for hydroxylation is 1. The fourth-order valence-electron chi connectivity index (χ4n) is 2.14. The molecule has 21 heavy (non-hydrogen) atoms. The second kappa shape index (κ2) is 6.96. The SMILES string of the molecule is COc1cccc(C(Oc2ccc(C)cc2Br)C(C)N)c1. The third-order valence-corrected chi connectivity index (χ3v) is 3.86. The highest BCUT2D eigenvalue weighted by atomic mass is 79.9. The van der Waals surface area contributed by atoms with Crippen LogP contribution in [0.1, 0.15) is 24.2 Å². The molecule has 0 radical (unpaired) electrons. The summed E-state index contributed by atoms with van der Waals surface area (Å²) >= 11 is 3.53. The second-order valence-electron chi connectivity index (χ2n) is 5.11. The Morgan fingerprint density at radius 2 is 1.90 bits per heavy atom. The Kier molecular flexibility index (Phi) is 5.26. The number of hydrogen-bond acceptors (Lipinski definition) is 3. The van der Waals surface area contributed by atoms with E-state index in [1.807, 2.05) is 56.3 Å². The lowest BCUT2D eigenvalue weighted by molar-refractivity contribution is 0.179. The van der Waals surface area contributed by atoms with Crippen molar-refractivity contribution in [2.75, 3.05) is 7.11 Å². The maximum Gasteiger partial charge on any atom is 0.139 e. The van der Waals surface area contributed by atoms with Crippen molar-refractivity contribution < 1.29 is 9.47 Å². The van der Waals surface area contributed by atoms with Crippen LogP contribution in [0.4, 0.5) is 0 Å². The molecule has 2 unspecified atom stereocenters. The molecule has 0 heterocycles. The second-order valence-corrected chi connectivity index (χ2v) is 5.96. The first kappa shape index (κ1) is 15.9. The van der Waals surface area contributed by atoms with E-state index in [-0.39, 0.29) is 12.1 Å². The molecule has 2 N–H and O–H groups in total. The topological polar surface area (TPSA) is 44.5 Å². The standard InChI is InChI=1S/C17H20BrNO2/c1-11-7-8-16(15(18)9-11)21-17(12(2)19)13-5-4-6-14(10-13)20-3/h4-10,12,17H,19H2,1-3H3. The van der Waals surface area contributed by atoms with Crippen LogP contribution in [0.5, 0.6) is 11.5 Å². The number of hydrogen-bond donors (Lipinski definition) is 1. The highest BCUT2D eigenvalue weighted by Crippen LogP contribution is 2.32.